The molecule has 0 unspecified atom stereocenters. The zero-order valence-electron chi connectivity index (χ0n) is 22.9. The van der Waals surface area contributed by atoms with Gasteiger partial charge in [0.15, 0.2) is 5.52 Å². The van der Waals surface area contributed by atoms with E-state index in [1.165, 1.54) is 42.5 Å². The van der Waals surface area contributed by atoms with Crippen LogP contribution >= 0.6 is 0 Å². The van der Waals surface area contributed by atoms with E-state index in [0.29, 0.717) is 0 Å². The van der Waals surface area contributed by atoms with E-state index in [1.807, 2.05) is 0 Å². The second-order valence-corrected chi connectivity index (χ2v) is 9.66. The fraction of sp³-hybridized carbons (Fsp3) is 0.0667. The number of aromatic amines is 2. The van der Waals surface area contributed by atoms with Gasteiger partial charge in [0.05, 0.1) is 32.5 Å². The van der Waals surface area contributed by atoms with Gasteiger partial charge in [0.2, 0.25) is 0 Å². The molecular formula is C30H18F6N6O4. The van der Waals surface area contributed by atoms with E-state index in [-0.39, 0.29) is 50.3 Å². The summed E-state index contributed by atoms with van der Waals surface area (Å²) in [5.41, 5.74) is 3.07. The number of nitrogens with one attached hydrogen (secondary N) is 2. The summed E-state index contributed by atoms with van der Waals surface area (Å²) < 4.78 is 76.7. The van der Waals surface area contributed by atoms with E-state index in [2.05, 4.69) is 19.9 Å². The van der Waals surface area contributed by atoms with Gasteiger partial charge >= 0.3 is 12.4 Å². The highest BCUT2D eigenvalue weighted by Gasteiger charge is 2.31. The number of rotatable bonds is 3. The summed E-state index contributed by atoms with van der Waals surface area (Å²) in [5.74, 6) is -0.130. The number of nitrogens with zero attached hydrogens (tertiary/aromatic N) is 3. The summed E-state index contributed by atoms with van der Waals surface area (Å²) >= 11 is 0. The molecule has 10 nitrogen and oxygen atoms in total. The summed E-state index contributed by atoms with van der Waals surface area (Å²) in [7, 11) is 0. The van der Waals surface area contributed by atoms with E-state index in [4.69, 9.17) is 5.73 Å². The lowest BCUT2D eigenvalue weighted by Gasteiger charge is -2.09. The van der Waals surface area contributed by atoms with Gasteiger partial charge in [-0.25, -0.2) is 9.97 Å². The van der Waals surface area contributed by atoms with Gasteiger partial charge in [-0.1, -0.05) is 36.4 Å². The molecule has 0 fully saturated rings. The predicted octanol–water partition coefficient (Wildman–Crippen LogP) is 6.71. The van der Waals surface area contributed by atoms with E-state index >= 15 is 0 Å². The average molecular weight is 640 g/mol. The number of fused-ring (bicyclic) bond motifs is 2. The van der Waals surface area contributed by atoms with Crippen LogP contribution in [0.15, 0.2) is 94.5 Å². The van der Waals surface area contributed by atoms with Crippen LogP contribution < -0.4 is 16.9 Å². The van der Waals surface area contributed by atoms with Crippen LogP contribution in [0.3, 0.4) is 0 Å². The number of hydrogen-bond donors (Lipinski definition) is 3. The molecule has 0 aliphatic heterocycles. The number of nitrogen functional groups attached to an aromatic ring is 1. The first-order valence-corrected chi connectivity index (χ1v) is 12.9. The number of aromatic nitrogens is 4. The van der Waals surface area contributed by atoms with Crippen molar-refractivity contribution in [2.45, 2.75) is 12.4 Å². The normalized spacial score (nSPS) is 11.7. The summed E-state index contributed by atoms with van der Waals surface area (Å²) in [4.78, 5) is 47.5. The highest BCUT2D eigenvalue weighted by molar-refractivity contribution is 5.90. The van der Waals surface area contributed by atoms with Crippen molar-refractivity contribution in [1.82, 2.24) is 19.9 Å². The summed E-state index contributed by atoms with van der Waals surface area (Å²) in [5, 5.41) is 11.3. The first-order chi connectivity index (χ1) is 21.6. The van der Waals surface area contributed by atoms with Crippen LogP contribution in [0.5, 0.6) is 0 Å². The van der Waals surface area contributed by atoms with Crippen molar-refractivity contribution in [1.29, 1.82) is 0 Å². The molecule has 0 amide bonds. The Morgan fingerprint density at radius 3 is 1.57 bits per heavy atom. The van der Waals surface area contributed by atoms with Gasteiger partial charge in [-0.05, 0) is 42.5 Å². The maximum atomic E-state index is 12.8. The van der Waals surface area contributed by atoms with Crippen molar-refractivity contribution in [2.24, 2.45) is 0 Å². The van der Waals surface area contributed by atoms with Crippen LogP contribution in [0.2, 0.25) is 0 Å². The fourth-order valence-corrected chi connectivity index (χ4v) is 4.44. The standard InChI is InChI=1S/C15H8F3N3O3.C15H10F3N3O/c16-15(17,18)9-4-1-3-8(7-9)13-19-12-10(14(22)20-13)5-2-6-11(12)21(23)24;16-15(17,18)9-4-1-3-8(7-9)13-20-12-10(14(22)21-13)5-2-6-11(12)19/h1-7H,(H,19,20,22);1-7H,19H2,(H,20,21,22). The minimum atomic E-state index is -4.56. The average Bonchev–Trinajstić information content (AvgIpc) is 3.01. The minimum absolute atomic E-state index is 0.00183. The smallest absolute Gasteiger partial charge is 0.397 e. The van der Waals surface area contributed by atoms with Gasteiger partial charge < -0.3 is 15.7 Å². The minimum Gasteiger partial charge on any atom is -0.397 e. The Bertz CT molecular complexity index is 2250. The van der Waals surface area contributed by atoms with Crippen molar-refractivity contribution in [2.75, 3.05) is 5.73 Å². The first-order valence-electron chi connectivity index (χ1n) is 12.9. The SMILES string of the molecule is Nc1cccc2c(=O)[nH]c(-c3cccc(C(F)(F)F)c3)nc12.O=c1[nH]c(-c2cccc(C(F)(F)F)c2)nc2c([N+](=O)[O-])cccc12. The van der Waals surface area contributed by atoms with Gasteiger partial charge in [0, 0.05) is 17.2 Å². The number of non-ortho nitro benzene ring substituents is 1. The van der Waals surface area contributed by atoms with Crippen molar-refractivity contribution >= 4 is 33.2 Å². The van der Waals surface area contributed by atoms with Crippen LogP contribution in [0.25, 0.3) is 44.6 Å². The Hall–Kier alpha value is -6.06. The van der Waals surface area contributed by atoms with Crippen LogP contribution in [-0.4, -0.2) is 24.9 Å². The van der Waals surface area contributed by atoms with Crippen molar-refractivity contribution < 1.29 is 31.3 Å². The molecule has 0 spiro atoms. The van der Waals surface area contributed by atoms with Crippen molar-refractivity contribution in [3.05, 3.63) is 127 Å². The van der Waals surface area contributed by atoms with Crippen LogP contribution in [-0.2, 0) is 12.4 Å². The molecule has 4 aromatic carbocycles. The van der Waals surface area contributed by atoms with Crippen LogP contribution in [0.1, 0.15) is 11.1 Å². The number of para-hydroxylation sites is 2. The van der Waals surface area contributed by atoms with E-state index < -0.39 is 45.2 Å². The van der Waals surface area contributed by atoms with E-state index in [0.717, 1.165) is 24.3 Å². The topological polar surface area (TPSA) is 161 Å². The lowest BCUT2D eigenvalue weighted by molar-refractivity contribution is -0.383. The second kappa shape index (κ2) is 11.8. The van der Waals surface area contributed by atoms with Crippen LogP contribution in [0, 0.1) is 10.1 Å². The molecule has 6 aromatic rings. The van der Waals surface area contributed by atoms with Gasteiger partial charge in [0.1, 0.15) is 17.2 Å². The number of benzene rings is 4. The molecule has 0 atom stereocenters. The summed E-state index contributed by atoms with van der Waals surface area (Å²) in [6.45, 7) is 0. The van der Waals surface area contributed by atoms with Crippen LogP contribution in [0.4, 0.5) is 37.7 Å². The number of halogens is 6. The third kappa shape index (κ3) is 6.40. The lowest BCUT2D eigenvalue weighted by atomic mass is 10.1. The Morgan fingerprint density at radius 2 is 1.09 bits per heavy atom. The first kappa shape index (κ1) is 31.4. The molecular weight excluding hydrogens is 622 g/mol. The van der Waals surface area contributed by atoms with Gasteiger partial charge in [-0.2, -0.15) is 26.3 Å². The van der Waals surface area contributed by atoms with E-state index in [1.54, 1.807) is 18.2 Å². The Morgan fingerprint density at radius 1 is 0.652 bits per heavy atom. The number of nitrogens with two attached hydrogens (primary N) is 1. The molecule has 0 aliphatic carbocycles. The van der Waals surface area contributed by atoms with Gasteiger partial charge in [-0.3, -0.25) is 19.7 Å². The Balaban J connectivity index is 0.000000182. The second-order valence-electron chi connectivity index (χ2n) is 9.66. The maximum absolute atomic E-state index is 12.8. The summed E-state index contributed by atoms with van der Waals surface area (Å²) in [6.07, 6.45) is -9.02. The van der Waals surface area contributed by atoms with Gasteiger partial charge in [0.25, 0.3) is 16.8 Å². The number of anilines is 1. The molecule has 6 rings (SSSR count). The predicted molar refractivity (Wildman–Crippen MR) is 157 cm³/mol. The molecule has 234 valence electrons. The maximum Gasteiger partial charge on any atom is 0.416 e. The molecule has 2 aromatic heterocycles. The number of alkyl halides is 6. The van der Waals surface area contributed by atoms with E-state index in [9.17, 15) is 46.0 Å². The molecule has 2 heterocycles. The fourth-order valence-electron chi connectivity index (χ4n) is 4.44. The third-order valence-electron chi connectivity index (χ3n) is 6.61. The number of nitro benzene ring substituents is 1. The zero-order valence-corrected chi connectivity index (χ0v) is 22.9. The lowest BCUT2D eigenvalue weighted by Crippen LogP contribution is -2.11. The Kier molecular flexibility index (Phi) is 8.04. The third-order valence-corrected chi connectivity index (χ3v) is 6.61. The largest absolute Gasteiger partial charge is 0.416 e. The number of H-pyrrole nitrogens is 2. The van der Waals surface area contributed by atoms with Crippen molar-refractivity contribution in [3.63, 3.8) is 0 Å². The Labute approximate surface area is 252 Å². The molecule has 0 radical (unpaired) electrons. The molecule has 16 heteroatoms. The molecule has 0 aliphatic rings. The number of nitro groups is 1. The van der Waals surface area contributed by atoms with Gasteiger partial charge in [-0.15, -0.1) is 0 Å². The number of hydrogen-bond acceptors (Lipinski definition) is 7. The molecule has 0 saturated carbocycles. The highest BCUT2D eigenvalue weighted by atomic mass is 19.4. The summed E-state index contributed by atoms with van der Waals surface area (Å²) in [6, 6.07) is 17.4. The zero-order chi connectivity index (χ0) is 33.4. The monoisotopic (exact) mass is 640 g/mol. The molecule has 0 saturated heterocycles. The molecule has 4 N–H and O–H groups in total. The molecule has 0 bridgehead atoms. The quantitative estimate of drug-likeness (QED) is 0.0839. The van der Waals surface area contributed by atoms with Crippen molar-refractivity contribution in [3.8, 4) is 22.8 Å². The highest BCUT2D eigenvalue weighted by Crippen LogP contribution is 2.33. The molecule has 46 heavy (non-hydrogen) atoms.